The maximum atomic E-state index is 13.1. The van der Waals surface area contributed by atoms with Crippen molar-refractivity contribution in [2.75, 3.05) is 30.9 Å². The first-order valence-electron chi connectivity index (χ1n) is 9.64. The molecule has 2 N–H and O–H groups in total. The summed E-state index contributed by atoms with van der Waals surface area (Å²) in [7, 11) is -1.16. The summed E-state index contributed by atoms with van der Waals surface area (Å²) in [6, 6.07) is 11.9. The van der Waals surface area contributed by atoms with E-state index in [1.165, 1.54) is 43.3 Å². The van der Waals surface area contributed by atoms with Gasteiger partial charge in [-0.1, -0.05) is 12.1 Å². The van der Waals surface area contributed by atoms with Crippen LogP contribution in [0.2, 0.25) is 0 Å². The molecule has 3 rings (SSSR count). The van der Waals surface area contributed by atoms with Crippen molar-refractivity contribution in [3.8, 4) is 0 Å². The SMILES string of the molecule is CNC(=O)c1ccc(S(=O)(=O)N(C)CC(=O)N2c3ccccc3NC(=O)CC2C)cc1. The van der Waals surface area contributed by atoms with Crippen LogP contribution in [0.4, 0.5) is 11.4 Å². The Balaban J connectivity index is 1.84. The number of nitrogens with one attached hydrogen (secondary N) is 2. The second-order valence-electron chi connectivity index (χ2n) is 7.25. The molecule has 0 saturated carbocycles. The number of nitrogens with zero attached hydrogens (tertiary/aromatic N) is 2. The highest BCUT2D eigenvalue weighted by Crippen LogP contribution is 2.31. The molecule has 1 unspecified atom stereocenters. The Kier molecular flexibility index (Phi) is 6.42. The summed E-state index contributed by atoms with van der Waals surface area (Å²) in [5.74, 6) is -0.999. The number of para-hydroxylation sites is 2. The van der Waals surface area contributed by atoms with Crippen molar-refractivity contribution < 1.29 is 22.8 Å². The first kappa shape index (κ1) is 22.4. The third kappa shape index (κ3) is 4.59. The first-order chi connectivity index (χ1) is 14.6. The van der Waals surface area contributed by atoms with Gasteiger partial charge in [-0.25, -0.2) is 8.42 Å². The number of carbonyl (C=O) groups is 3. The molecule has 2 aromatic rings. The van der Waals surface area contributed by atoms with Gasteiger partial charge in [0.15, 0.2) is 0 Å². The van der Waals surface area contributed by atoms with E-state index in [9.17, 15) is 22.8 Å². The molecule has 0 fully saturated rings. The number of fused-ring (bicyclic) bond motifs is 1. The molecule has 1 atom stereocenters. The summed E-state index contributed by atoms with van der Waals surface area (Å²) < 4.78 is 26.8. The van der Waals surface area contributed by atoms with Crippen molar-refractivity contribution in [2.45, 2.75) is 24.3 Å². The molecule has 0 aliphatic carbocycles. The summed E-state index contributed by atoms with van der Waals surface area (Å²) in [6.07, 6.45) is 0.0951. The van der Waals surface area contributed by atoms with Gasteiger partial charge in [-0.3, -0.25) is 14.4 Å². The molecule has 2 aromatic carbocycles. The van der Waals surface area contributed by atoms with Crippen LogP contribution in [0.5, 0.6) is 0 Å². The molecule has 1 aliphatic rings. The smallest absolute Gasteiger partial charge is 0.251 e. The van der Waals surface area contributed by atoms with Gasteiger partial charge in [0.1, 0.15) is 0 Å². The minimum absolute atomic E-state index is 0.0309. The van der Waals surface area contributed by atoms with E-state index in [2.05, 4.69) is 10.6 Å². The molecule has 10 heteroatoms. The van der Waals surface area contributed by atoms with Gasteiger partial charge in [0.25, 0.3) is 5.91 Å². The molecule has 0 spiro atoms. The Morgan fingerprint density at radius 3 is 2.45 bits per heavy atom. The zero-order chi connectivity index (χ0) is 22.8. The predicted molar refractivity (Wildman–Crippen MR) is 116 cm³/mol. The maximum absolute atomic E-state index is 13.1. The van der Waals surface area contributed by atoms with Crippen molar-refractivity contribution in [3.05, 3.63) is 54.1 Å². The highest BCUT2D eigenvalue weighted by Gasteiger charge is 2.32. The molecule has 1 heterocycles. The number of hydrogen-bond donors (Lipinski definition) is 2. The second-order valence-corrected chi connectivity index (χ2v) is 9.29. The van der Waals surface area contributed by atoms with Gasteiger partial charge in [-0.05, 0) is 43.3 Å². The van der Waals surface area contributed by atoms with Crippen LogP contribution in [-0.2, 0) is 19.6 Å². The van der Waals surface area contributed by atoms with Gasteiger partial charge in [-0.15, -0.1) is 0 Å². The fourth-order valence-corrected chi connectivity index (χ4v) is 4.54. The molecule has 31 heavy (non-hydrogen) atoms. The van der Waals surface area contributed by atoms with E-state index >= 15 is 0 Å². The van der Waals surface area contributed by atoms with Crippen molar-refractivity contribution >= 4 is 39.1 Å². The Labute approximate surface area is 181 Å². The van der Waals surface area contributed by atoms with Crippen LogP contribution in [0.25, 0.3) is 0 Å². The standard InChI is InChI=1S/C21H24N4O5S/c1-14-12-19(26)23-17-6-4-5-7-18(17)25(14)20(27)13-24(3)31(29,30)16-10-8-15(9-11-16)21(28)22-2/h4-11,14H,12-13H2,1-3H3,(H,22,28)(H,23,26). The summed E-state index contributed by atoms with van der Waals surface area (Å²) in [4.78, 5) is 38.3. The van der Waals surface area contributed by atoms with Crippen LogP contribution >= 0.6 is 0 Å². The van der Waals surface area contributed by atoms with Crippen LogP contribution < -0.4 is 15.5 Å². The molecular formula is C21H24N4O5S. The molecule has 9 nitrogen and oxygen atoms in total. The molecule has 0 aromatic heterocycles. The number of rotatable bonds is 5. The van der Waals surface area contributed by atoms with Gasteiger partial charge in [0, 0.05) is 32.1 Å². The number of amides is 3. The number of anilines is 2. The number of carbonyl (C=O) groups excluding carboxylic acids is 3. The molecule has 0 bridgehead atoms. The van der Waals surface area contributed by atoms with Gasteiger partial charge in [0.2, 0.25) is 21.8 Å². The van der Waals surface area contributed by atoms with Crippen LogP contribution in [0.1, 0.15) is 23.7 Å². The van der Waals surface area contributed by atoms with Crippen LogP contribution in [0, 0.1) is 0 Å². The molecule has 0 saturated heterocycles. The van der Waals surface area contributed by atoms with Crippen LogP contribution in [0.15, 0.2) is 53.4 Å². The quantitative estimate of drug-likeness (QED) is 0.724. The Morgan fingerprint density at radius 2 is 1.81 bits per heavy atom. The van der Waals surface area contributed by atoms with E-state index in [4.69, 9.17) is 0 Å². The average Bonchev–Trinajstić information content (AvgIpc) is 2.87. The van der Waals surface area contributed by atoms with E-state index in [1.807, 2.05) is 0 Å². The molecule has 0 radical (unpaired) electrons. The Hall–Kier alpha value is -3.24. The second kappa shape index (κ2) is 8.86. The van der Waals surface area contributed by atoms with E-state index in [-0.39, 0.29) is 23.1 Å². The summed E-state index contributed by atoms with van der Waals surface area (Å²) in [5.41, 5.74) is 1.35. The Morgan fingerprint density at radius 1 is 1.16 bits per heavy atom. The summed E-state index contributed by atoms with van der Waals surface area (Å²) in [6.45, 7) is 1.33. The van der Waals surface area contributed by atoms with Crippen molar-refractivity contribution in [2.24, 2.45) is 0 Å². The minimum Gasteiger partial charge on any atom is -0.355 e. The third-order valence-electron chi connectivity index (χ3n) is 5.04. The fourth-order valence-electron chi connectivity index (χ4n) is 3.42. The van der Waals surface area contributed by atoms with Crippen molar-refractivity contribution in [1.82, 2.24) is 9.62 Å². The lowest BCUT2D eigenvalue weighted by molar-refractivity contribution is -0.119. The maximum Gasteiger partial charge on any atom is 0.251 e. The third-order valence-corrected chi connectivity index (χ3v) is 6.86. The first-order valence-corrected chi connectivity index (χ1v) is 11.1. The van der Waals surface area contributed by atoms with E-state index in [0.717, 1.165) is 4.31 Å². The average molecular weight is 445 g/mol. The zero-order valence-corrected chi connectivity index (χ0v) is 18.3. The van der Waals surface area contributed by atoms with Crippen molar-refractivity contribution in [3.63, 3.8) is 0 Å². The van der Waals surface area contributed by atoms with Crippen LogP contribution in [0.3, 0.4) is 0 Å². The zero-order valence-electron chi connectivity index (χ0n) is 17.5. The lowest BCUT2D eigenvalue weighted by Gasteiger charge is -2.29. The van der Waals surface area contributed by atoms with Crippen molar-refractivity contribution in [1.29, 1.82) is 0 Å². The normalized spacial score (nSPS) is 16.3. The predicted octanol–water partition coefficient (Wildman–Crippen LogP) is 1.43. The van der Waals surface area contributed by atoms with Gasteiger partial charge in [0.05, 0.1) is 22.8 Å². The Bertz CT molecular complexity index is 1110. The van der Waals surface area contributed by atoms with Gasteiger partial charge in [-0.2, -0.15) is 4.31 Å². The molecule has 3 amide bonds. The van der Waals surface area contributed by atoms with Gasteiger partial charge < -0.3 is 15.5 Å². The number of sulfonamides is 1. The lowest BCUT2D eigenvalue weighted by Crippen LogP contribution is -2.45. The highest BCUT2D eigenvalue weighted by molar-refractivity contribution is 7.89. The number of benzene rings is 2. The topological polar surface area (TPSA) is 116 Å². The fraction of sp³-hybridized carbons (Fsp3) is 0.286. The molecule has 164 valence electrons. The van der Waals surface area contributed by atoms with Gasteiger partial charge >= 0.3 is 0 Å². The largest absolute Gasteiger partial charge is 0.355 e. The van der Waals surface area contributed by atoms with E-state index in [0.29, 0.717) is 16.9 Å². The minimum atomic E-state index is -3.97. The van der Waals surface area contributed by atoms with E-state index in [1.54, 1.807) is 31.2 Å². The molecular weight excluding hydrogens is 420 g/mol. The molecule has 1 aliphatic heterocycles. The monoisotopic (exact) mass is 444 g/mol. The number of hydrogen-bond acceptors (Lipinski definition) is 5. The summed E-state index contributed by atoms with van der Waals surface area (Å²) in [5, 5.41) is 5.24. The number of likely N-dealkylation sites (N-methyl/N-ethyl adjacent to an activating group) is 1. The summed E-state index contributed by atoms with van der Waals surface area (Å²) >= 11 is 0. The van der Waals surface area contributed by atoms with Crippen LogP contribution in [-0.4, -0.2) is 57.1 Å². The lowest BCUT2D eigenvalue weighted by atomic mass is 10.1. The highest BCUT2D eigenvalue weighted by atomic mass is 32.2. The van der Waals surface area contributed by atoms with E-state index < -0.39 is 28.5 Å².